The molecule has 2 unspecified atom stereocenters. The summed E-state index contributed by atoms with van der Waals surface area (Å²) in [6.07, 6.45) is 4.08. The number of carbonyl (C=O) groups excluding carboxylic acids is 1. The number of rotatable bonds is 3. The highest BCUT2D eigenvalue weighted by atomic mass is 79.9. The van der Waals surface area contributed by atoms with E-state index in [2.05, 4.69) is 15.9 Å². The van der Waals surface area contributed by atoms with Crippen molar-refractivity contribution in [3.05, 3.63) is 34.3 Å². The van der Waals surface area contributed by atoms with Gasteiger partial charge in [0.25, 0.3) is 0 Å². The summed E-state index contributed by atoms with van der Waals surface area (Å²) in [5.74, 6) is 0.120. The zero-order valence-corrected chi connectivity index (χ0v) is 15.0. The number of nitrogens with two attached hydrogens (primary N) is 1. The van der Waals surface area contributed by atoms with Gasteiger partial charge in [-0.25, -0.2) is 0 Å². The van der Waals surface area contributed by atoms with Crippen molar-refractivity contribution in [2.24, 2.45) is 11.7 Å². The van der Waals surface area contributed by atoms with Gasteiger partial charge in [0.2, 0.25) is 5.91 Å². The Morgan fingerprint density at radius 2 is 2.10 bits per heavy atom. The average molecular weight is 376 g/mol. The zero-order chi connectivity index (χ0) is 14.8. The molecule has 118 valence electrons. The zero-order valence-electron chi connectivity index (χ0n) is 12.6. The number of hydrogen-bond acceptors (Lipinski definition) is 2. The third-order valence-corrected chi connectivity index (χ3v) is 5.07. The molecule has 1 fully saturated rings. The molecular weight excluding hydrogens is 352 g/mol. The second kappa shape index (κ2) is 7.61. The third kappa shape index (κ3) is 4.44. The predicted octanol–water partition coefficient (Wildman–Crippen LogP) is 3.74. The fourth-order valence-corrected chi connectivity index (χ4v) is 3.40. The Morgan fingerprint density at radius 1 is 1.43 bits per heavy atom. The van der Waals surface area contributed by atoms with E-state index in [0.29, 0.717) is 6.54 Å². The second-order valence-electron chi connectivity index (χ2n) is 6.09. The van der Waals surface area contributed by atoms with Crippen LogP contribution in [0.1, 0.15) is 38.2 Å². The van der Waals surface area contributed by atoms with Gasteiger partial charge >= 0.3 is 0 Å². The summed E-state index contributed by atoms with van der Waals surface area (Å²) >= 11 is 3.53. The van der Waals surface area contributed by atoms with Gasteiger partial charge in [0.15, 0.2) is 0 Å². The van der Waals surface area contributed by atoms with Crippen LogP contribution in [-0.2, 0) is 11.3 Å². The van der Waals surface area contributed by atoms with Gasteiger partial charge in [0.1, 0.15) is 0 Å². The molecule has 2 N–H and O–H groups in total. The van der Waals surface area contributed by atoms with E-state index in [1.807, 2.05) is 38.2 Å². The summed E-state index contributed by atoms with van der Waals surface area (Å²) < 4.78 is 1.04. The van der Waals surface area contributed by atoms with Gasteiger partial charge in [-0.05, 0) is 31.4 Å². The summed E-state index contributed by atoms with van der Waals surface area (Å²) in [7, 11) is 1.87. The number of hydrogen-bond donors (Lipinski definition) is 1. The molecule has 0 aromatic heterocycles. The molecular formula is C16H24BrClN2O. The molecule has 2 rings (SSSR count). The topological polar surface area (TPSA) is 46.3 Å². The summed E-state index contributed by atoms with van der Waals surface area (Å²) in [6, 6.07) is 8.01. The molecule has 1 aromatic carbocycles. The van der Waals surface area contributed by atoms with Crippen LogP contribution in [0.25, 0.3) is 0 Å². The maximum absolute atomic E-state index is 12.7. The van der Waals surface area contributed by atoms with Crippen LogP contribution in [0.3, 0.4) is 0 Å². The minimum atomic E-state index is -0.364. The average Bonchev–Trinajstić information content (AvgIpc) is 2.40. The first-order chi connectivity index (χ1) is 9.42. The number of carbonyl (C=O) groups is 1. The molecule has 1 aliphatic carbocycles. The fraction of sp³-hybridized carbons (Fsp3) is 0.562. The van der Waals surface area contributed by atoms with E-state index in [-0.39, 0.29) is 29.8 Å². The van der Waals surface area contributed by atoms with E-state index in [4.69, 9.17) is 5.73 Å². The second-order valence-corrected chi connectivity index (χ2v) is 6.94. The minimum absolute atomic E-state index is 0. The first kappa shape index (κ1) is 18.5. The van der Waals surface area contributed by atoms with Crippen molar-refractivity contribution < 1.29 is 4.79 Å². The van der Waals surface area contributed by atoms with E-state index in [0.717, 1.165) is 35.7 Å². The number of amides is 1. The van der Waals surface area contributed by atoms with Crippen molar-refractivity contribution in [2.45, 2.75) is 44.7 Å². The Hall–Kier alpha value is -0.580. The molecule has 0 bridgehead atoms. The summed E-state index contributed by atoms with van der Waals surface area (Å²) in [4.78, 5) is 14.5. The van der Waals surface area contributed by atoms with E-state index in [9.17, 15) is 4.79 Å². The van der Waals surface area contributed by atoms with Crippen LogP contribution in [0, 0.1) is 5.92 Å². The molecule has 1 aromatic rings. The Morgan fingerprint density at radius 3 is 2.71 bits per heavy atom. The van der Waals surface area contributed by atoms with Crippen LogP contribution in [0.15, 0.2) is 28.7 Å². The van der Waals surface area contributed by atoms with Crippen molar-refractivity contribution in [3.63, 3.8) is 0 Å². The van der Waals surface area contributed by atoms with Crippen molar-refractivity contribution in [2.75, 3.05) is 7.05 Å². The van der Waals surface area contributed by atoms with Crippen molar-refractivity contribution in [3.8, 4) is 0 Å². The number of halogens is 2. The lowest BCUT2D eigenvalue weighted by Crippen LogP contribution is -2.53. The highest BCUT2D eigenvalue weighted by molar-refractivity contribution is 9.10. The van der Waals surface area contributed by atoms with Crippen LogP contribution in [0.5, 0.6) is 0 Å². The highest BCUT2D eigenvalue weighted by Gasteiger charge is 2.39. The van der Waals surface area contributed by atoms with Crippen molar-refractivity contribution in [1.29, 1.82) is 0 Å². The molecule has 5 heteroatoms. The Labute approximate surface area is 141 Å². The molecule has 0 radical (unpaired) electrons. The lowest BCUT2D eigenvalue weighted by molar-refractivity contribution is -0.138. The molecule has 2 atom stereocenters. The monoisotopic (exact) mass is 374 g/mol. The van der Waals surface area contributed by atoms with E-state index >= 15 is 0 Å². The molecule has 21 heavy (non-hydrogen) atoms. The van der Waals surface area contributed by atoms with E-state index < -0.39 is 0 Å². The van der Waals surface area contributed by atoms with E-state index in [1.54, 1.807) is 4.90 Å². The fourth-order valence-electron chi connectivity index (χ4n) is 2.99. The van der Waals surface area contributed by atoms with Gasteiger partial charge in [0, 0.05) is 23.6 Å². The molecule has 1 amide bonds. The predicted molar refractivity (Wildman–Crippen MR) is 92.4 cm³/mol. The molecule has 0 aliphatic heterocycles. The Bertz CT molecular complexity index is 493. The number of benzene rings is 1. The normalized spacial score (nSPS) is 25.0. The van der Waals surface area contributed by atoms with Crippen LogP contribution in [-0.4, -0.2) is 23.4 Å². The smallest absolute Gasteiger partial charge is 0.227 e. The van der Waals surface area contributed by atoms with Crippen molar-refractivity contribution >= 4 is 34.2 Å². The van der Waals surface area contributed by atoms with Crippen molar-refractivity contribution in [1.82, 2.24) is 4.90 Å². The quantitative estimate of drug-likeness (QED) is 0.875. The van der Waals surface area contributed by atoms with Gasteiger partial charge in [-0.3, -0.25) is 4.79 Å². The summed E-state index contributed by atoms with van der Waals surface area (Å²) in [5.41, 5.74) is 7.09. The van der Waals surface area contributed by atoms with Gasteiger partial charge in [-0.15, -0.1) is 12.4 Å². The molecule has 1 aliphatic rings. The third-order valence-electron chi connectivity index (χ3n) is 4.29. The molecule has 3 nitrogen and oxygen atoms in total. The summed E-state index contributed by atoms with van der Waals surface area (Å²) in [5, 5.41) is 0. The Kier molecular flexibility index (Phi) is 6.70. The molecule has 0 heterocycles. The maximum Gasteiger partial charge on any atom is 0.227 e. The lowest BCUT2D eigenvalue weighted by Gasteiger charge is -2.39. The molecule has 1 saturated carbocycles. The molecule has 0 saturated heterocycles. The first-order valence-corrected chi connectivity index (χ1v) is 7.98. The maximum atomic E-state index is 12.7. The molecule has 0 spiro atoms. The summed E-state index contributed by atoms with van der Waals surface area (Å²) in [6.45, 7) is 2.63. The van der Waals surface area contributed by atoms with Gasteiger partial charge in [-0.2, -0.15) is 0 Å². The van der Waals surface area contributed by atoms with Crippen LogP contribution >= 0.6 is 28.3 Å². The largest absolute Gasteiger partial charge is 0.341 e. The highest BCUT2D eigenvalue weighted by Crippen LogP contribution is 2.33. The SMILES string of the molecule is CN(Cc1ccccc1Br)C(=O)C1CCCCC1(C)N.Cl. The minimum Gasteiger partial charge on any atom is -0.341 e. The van der Waals surface area contributed by atoms with Crippen LogP contribution in [0.4, 0.5) is 0 Å². The van der Waals surface area contributed by atoms with E-state index in [1.165, 1.54) is 0 Å². The van der Waals surface area contributed by atoms with Gasteiger partial charge in [0.05, 0.1) is 5.92 Å². The van der Waals surface area contributed by atoms with Gasteiger partial charge in [-0.1, -0.05) is 47.0 Å². The first-order valence-electron chi connectivity index (χ1n) is 7.19. The van der Waals surface area contributed by atoms with Crippen LogP contribution in [0.2, 0.25) is 0 Å². The number of nitrogens with zero attached hydrogens (tertiary/aromatic N) is 1. The van der Waals surface area contributed by atoms with Crippen LogP contribution < -0.4 is 5.73 Å². The van der Waals surface area contributed by atoms with Gasteiger partial charge < -0.3 is 10.6 Å². The Balaban J connectivity index is 0.00000220. The lowest BCUT2D eigenvalue weighted by atomic mass is 9.74. The standard InChI is InChI=1S/C16H23BrN2O.ClH/c1-16(18)10-6-5-8-13(16)15(20)19(2)11-12-7-3-4-9-14(12)17;/h3-4,7,9,13H,5-6,8,10-11,18H2,1-2H3;1H.